The van der Waals surface area contributed by atoms with E-state index in [1.54, 1.807) is 5.57 Å². The Morgan fingerprint density at radius 3 is 2.75 bits per heavy atom. The largest absolute Gasteiger partial charge is 0.394 e. The molecule has 3 saturated carbocycles. The number of oxime groups is 1. The van der Waals surface area contributed by atoms with Crippen LogP contribution in [-0.2, 0) is 9.63 Å². The molecular formula is C24H36N2O2. The monoisotopic (exact) mass is 384 g/mol. The highest BCUT2D eigenvalue weighted by atomic mass is 16.6. The van der Waals surface area contributed by atoms with Gasteiger partial charge in [-0.15, -0.1) is 0 Å². The number of allylic oxidation sites excluding steroid dienone is 2. The van der Waals surface area contributed by atoms with Gasteiger partial charge in [-0.25, -0.2) is 0 Å². The van der Waals surface area contributed by atoms with Crippen molar-refractivity contribution in [1.82, 2.24) is 5.32 Å². The fraction of sp³-hybridized carbons (Fsp3) is 0.833. The van der Waals surface area contributed by atoms with Crippen LogP contribution in [0.1, 0.15) is 78.1 Å². The number of ketones is 1. The summed E-state index contributed by atoms with van der Waals surface area (Å²) in [6, 6.07) is 0.479. The molecule has 5 aliphatic rings. The molecule has 1 heterocycles. The normalized spacial score (nSPS) is 46.7. The van der Waals surface area contributed by atoms with Crippen molar-refractivity contribution < 1.29 is 9.63 Å². The van der Waals surface area contributed by atoms with Gasteiger partial charge in [-0.1, -0.05) is 24.6 Å². The van der Waals surface area contributed by atoms with Crippen molar-refractivity contribution in [2.75, 3.05) is 13.2 Å². The molecule has 154 valence electrons. The van der Waals surface area contributed by atoms with Gasteiger partial charge in [0.25, 0.3) is 0 Å². The van der Waals surface area contributed by atoms with Gasteiger partial charge in [0.1, 0.15) is 12.4 Å². The summed E-state index contributed by atoms with van der Waals surface area (Å²) in [5.74, 6) is 2.68. The summed E-state index contributed by atoms with van der Waals surface area (Å²) in [4.78, 5) is 18.3. The van der Waals surface area contributed by atoms with E-state index >= 15 is 0 Å². The lowest BCUT2D eigenvalue weighted by Gasteiger charge is -2.57. The Hall–Kier alpha value is -1.16. The zero-order valence-electron chi connectivity index (χ0n) is 17.6. The van der Waals surface area contributed by atoms with Crippen molar-refractivity contribution in [3.8, 4) is 0 Å². The van der Waals surface area contributed by atoms with Crippen LogP contribution >= 0.6 is 0 Å². The summed E-state index contributed by atoms with van der Waals surface area (Å²) < 4.78 is 0. The maximum absolute atomic E-state index is 12.6. The van der Waals surface area contributed by atoms with E-state index in [2.05, 4.69) is 30.4 Å². The van der Waals surface area contributed by atoms with Crippen LogP contribution in [0.4, 0.5) is 0 Å². The van der Waals surface area contributed by atoms with Crippen LogP contribution in [0.3, 0.4) is 0 Å². The second-order valence-electron chi connectivity index (χ2n) is 10.6. The highest BCUT2D eigenvalue weighted by molar-refractivity contribution is 5.96. The highest BCUT2D eigenvalue weighted by Crippen LogP contribution is 2.64. The lowest BCUT2D eigenvalue weighted by molar-refractivity contribution is -0.132. The van der Waals surface area contributed by atoms with Crippen molar-refractivity contribution in [2.24, 2.45) is 33.7 Å². The number of rotatable bonds is 3. The van der Waals surface area contributed by atoms with E-state index in [-0.39, 0.29) is 5.41 Å². The molecule has 4 aliphatic carbocycles. The summed E-state index contributed by atoms with van der Waals surface area (Å²) in [5.41, 5.74) is 3.04. The molecule has 0 bridgehead atoms. The van der Waals surface area contributed by atoms with Crippen LogP contribution in [0.25, 0.3) is 0 Å². The number of hydrogen-bond donors (Lipinski definition) is 1. The van der Waals surface area contributed by atoms with Crippen LogP contribution in [0.2, 0.25) is 0 Å². The topological polar surface area (TPSA) is 50.7 Å². The molecule has 0 aromatic rings. The van der Waals surface area contributed by atoms with Gasteiger partial charge in [0.2, 0.25) is 0 Å². The Kier molecular flexibility index (Phi) is 4.69. The first-order chi connectivity index (χ1) is 13.5. The van der Waals surface area contributed by atoms with Gasteiger partial charge in [-0.3, -0.25) is 4.79 Å². The molecule has 4 fully saturated rings. The zero-order valence-corrected chi connectivity index (χ0v) is 17.6. The van der Waals surface area contributed by atoms with Crippen molar-refractivity contribution in [3.05, 3.63) is 11.6 Å². The summed E-state index contributed by atoms with van der Waals surface area (Å²) in [6.07, 6.45) is 13.8. The van der Waals surface area contributed by atoms with E-state index < -0.39 is 0 Å². The molecule has 0 aromatic heterocycles. The summed E-state index contributed by atoms with van der Waals surface area (Å²) >= 11 is 0. The summed E-state index contributed by atoms with van der Waals surface area (Å²) in [7, 11) is 0. The number of nitrogens with zero attached hydrogens (tertiary/aromatic N) is 1. The number of nitrogens with one attached hydrogen (secondary N) is 1. The molecule has 0 amide bonds. The number of hydrogen-bond acceptors (Lipinski definition) is 4. The SMILES string of the molecule is C[C@]12CC/C(=N/OCC3CCCN3)C=C1CCC1C2CC[C@]2(C)C(=O)CCC12. The van der Waals surface area contributed by atoms with Crippen LogP contribution in [0.5, 0.6) is 0 Å². The van der Waals surface area contributed by atoms with E-state index in [1.165, 1.54) is 38.5 Å². The van der Waals surface area contributed by atoms with Gasteiger partial charge < -0.3 is 10.2 Å². The van der Waals surface area contributed by atoms with Crippen LogP contribution in [-0.4, -0.2) is 30.7 Å². The lowest BCUT2D eigenvalue weighted by Crippen LogP contribution is -2.50. The molecule has 28 heavy (non-hydrogen) atoms. The molecule has 4 heteroatoms. The Morgan fingerprint density at radius 1 is 1.07 bits per heavy atom. The minimum atomic E-state index is -0.0118. The van der Waals surface area contributed by atoms with Gasteiger partial charge in [0.05, 0.1) is 5.71 Å². The Labute approximate surface area is 169 Å². The second kappa shape index (κ2) is 6.97. The van der Waals surface area contributed by atoms with Gasteiger partial charge in [-0.2, -0.15) is 0 Å². The fourth-order valence-corrected chi connectivity index (χ4v) is 7.52. The molecule has 1 saturated heterocycles. The van der Waals surface area contributed by atoms with Crippen LogP contribution in [0.15, 0.2) is 16.8 Å². The third-order valence-corrected chi connectivity index (χ3v) is 9.31. The molecule has 0 radical (unpaired) electrons. The van der Waals surface area contributed by atoms with Crippen molar-refractivity contribution in [2.45, 2.75) is 84.1 Å². The molecule has 1 N–H and O–H groups in total. The Morgan fingerprint density at radius 2 is 1.93 bits per heavy atom. The van der Waals surface area contributed by atoms with Gasteiger partial charge in [0.15, 0.2) is 0 Å². The predicted octanol–water partition coefficient (Wildman–Crippen LogP) is 4.64. The average Bonchev–Trinajstić information content (AvgIpc) is 3.30. The van der Waals surface area contributed by atoms with Gasteiger partial charge >= 0.3 is 0 Å². The Bertz CT molecular complexity index is 707. The van der Waals surface area contributed by atoms with E-state index in [9.17, 15) is 4.79 Å². The zero-order chi connectivity index (χ0) is 19.4. The quantitative estimate of drug-likeness (QED) is 0.721. The molecule has 0 spiro atoms. The molecule has 6 atom stereocenters. The maximum Gasteiger partial charge on any atom is 0.139 e. The van der Waals surface area contributed by atoms with E-state index in [0.29, 0.717) is 29.8 Å². The van der Waals surface area contributed by atoms with Crippen molar-refractivity contribution >= 4 is 11.5 Å². The Balaban J connectivity index is 1.31. The second-order valence-corrected chi connectivity index (χ2v) is 10.6. The third-order valence-electron chi connectivity index (χ3n) is 9.31. The number of fused-ring (bicyclic) bond motifs is 5. The number of carbonyl (C=O) groups is 1. The maximum atomic E-state index is 12.6. The van der Waals surface area contributed by atoms with Crippen molar-refractivity contribution in [3.63, 3.8) is 0 Å². The fourth-order valence-electron chi connectivity index (χ4n) is 7.52. The first-order valence-electron chi connectivity index (χ1n) is 11.7. The molecule has 0 aromatic carbocycles. The summed E-state index contributed by atoms with van der Waals surface area (Å²) in [5, 5.41) is 7.97. The average molecular weight is 385 g/mol. The highest BCUT2D eigenvalue weighted by Gasteiger charge is 2.58. The molecule has 1 aliphatic heterocycles. The first-order valence-corrected chi connectivity index (χ1v) is 11.7. The smallest absolute Gasteiger partial charge is 0.139 e. The van der Waals surface area contributed by atoms with Gasteiger partial charge in [0, 0.05) is 17.9 Å². The standard InChI is InChI=1S/C24H36N2O2/c1-23-11-9-17(26-28-15-18-4-3-13-25-18)14-16(23)5-6-19-20-7-8-22(27)24(20,2)12-10-21(19)23/h14,18-21,25H,3-13,15H2,1-2H3/b26-17-/t18?,19?,20?,21?,23-,24-/m0/s1. The molecule has 4 unspecified atom stereocenters. The molecule has 5 rings (SSSR count). The summed E-state index contributed by atoms with van der Waals surface area (Å²) in [6.45, 7) is 6.60. The number of Topliss-reactive ketones (excluding diaryl/α,β-unsaturated/α-hetero) is 1. The van der Waals surface area contributed by atoms with E-state index in [1.807, 2.05) is 0 Å². The lowest BCUT2D eigenvalue weighted by atomic mass is 9.47. The minimum absolute atomic E-state index is 0.0118. The third kappa shape index (κ3) is 2.89. The van der Waals surface area contributed by atoms with Crippen molar-refractivity contribution in [1.29, 1.82) is 0 Å². The number of carbonyl (C=O) groups excluding carboxylic acids is 1. The van der Waals surface area contributed by atoms with Gasteiger partial charge in [-0.05, 0) is 93.6 Å². The van der Waals surface area contributed by atoms with E-state index in [0.717, 1.165) is 49.8 Å². The molecular weight excluding hydrogens is 348 g/mol. The molecule has 4 nitrogen and oxygen atoms in total. The van der Waals surface area contributed by atoms with Crippen LogP contribution < -0.4 is 5.32 Å². The predicted molar refractivity (Wildman–Crippen MR) is 111 cm³/mol. The van der Waals surface area contributed by atoms with E-state index in [4.69, 9.17) is 4.84 Å². The van der Waals surface area contributed by atoms with Crippen LogP contribution in [0, 0.1) is 28.6 Å². The minimum Gasteiger partial charge on any atom is -0.394 e. The first kappa shape index (κ1) is 18.8.